The predicted molar refractivity (Wildman–Crippen MR) is 133 cm³/mol. The van der Waals surface area contributed by atoms with E-state index in [-0.39, 0.29) is 11.5 Å². The molecule has 3 aromatic rings. The Labute approximate surface area is 196 Å². The highest BCUT2D eigenvalue weighted by molar-refractivity contribution is 7.87. The van der Waals surface area contributed by atoms with E-state index < -0.39 is 10.2 Å². The summed E-state index contributed by atoms with van der Waals surface area (Å²) in [5.41, 5.74) is 1.23. The zero-order chi connectivity index (χ0) is 22.7. The van der Waals surface area contributed by atoms with Crippen LogP contribution in [0.1, 0.15) is 44.1 Å². The average Bonchev–Trinajstić information content (AvgIpc) is 3.68. The van der Waals surface area contributed by atoms with Crippen LogP contribution in [-0.4, -0.2) is 32.5 Å². The van der Waals surface area contributed by atoms with E-state index in [1.165, 1.54) is 10.9 Å². The number of rotatable bonds is 9. The van der Waals surface area contributed by atoms with Gasteiger partial charge in [-0.05, 0) is 61.5 Å². The van der Waals surface area contributed by atoms with Gasteiger partial charge in [-0.25, -0.2) is 9.71 Å². The lowest BCUT2D eigenvalue weighted by atomic mass is 9.68. The number of aromatic nitrogens is 1. The number of hydrogen-bond donors (Lipinski definition) is 3. The number of anilines is 1. The maximum absolute atomic E-state index is 12.5. The van der Waals surface area contributed by atoms with Gasteiger partial charge in [-0.2, -0.15) is 13.1 Å². The van der Waals surface area contributed by atoms with Crippen molar-refractivity contribution in [1.29, 1.82) is 0 Å². The van der Waals surface area contributed by atoms with Crippen molar-refractivity contribution in [3.8, 4) is 0 Å². The summed E-state index contributed by atoms with van der Waals surface area (Å²) in [7, 11) is -3.44. The summed E-state index contributed by atoms with van der Waals surface area (Å²) >= 11 is 0. The fourth-order valence-electron chi connectivity index (χ4n) is 4.97. The molecule has 2 aliphatic rings. The van der Waals surface area contributed by atoms with Crippen LogP contribution in [-0.2, 0) is 15.6 Å². The molecule has 0 radical (unpaired) electrons. The second-order valence-electron chi connectivity index (χ2n) is 9.57. The van der Waals surface area contributed by atoms with Gasteiger partial charge in [0.15, 0.2) is 0 Å². The quantitative estimate of drug-likeness (QED) is 0.439. The molecule has 0 bridgehead atoms. The molecule has 2 saturated carbocycles. The van der Waals surface area contributed by atoms with Crippen LogP contribution in [0.2, 0.25) is 0 Å². The molecule has 2 fully saturated rings. The molecule has 0 amide bonds. The second-order valence-corrected chi connectivity index (χ2v) is 11.1. The molecule has 0 unspecified atom stereocenters. The summed E-state index contributed by atoms with van der Waals surface area (Å²) in [4.78, 5) is 4.61. The second kappa shape index (κ2) is 9.41. The van der Waals surface area contributed by atoms with Gasteiger partial charge in [0.05, 0.1) is 0 Å². The molecular formula is C26H32N4O2S. The van der Waals surface area contributed by atoms with Gasteiger partial charge in [-0.1, -0.05) is 54.6 Å². The van der Waals surface area contributed by atoms with Gasteiger partial charge in [0.1, 0.15) is 5.82 Å². The predicted octanol–water partition coefficient (Wildman–Crippen LogP) is 4.36. The molecule has 0 atom stereocenters. The van der Waals surface area contributed by atoms with E-state index >= 15 is 0 Å². The third-order valence-corrected chi connectivity index (χ3v) is 8.37. The van der Waals surface area contributed by atoms with Crippen molar-refractivity contribution in [3.05, 3.63) is 72.4 Å². The normalized spacial score (nSPS) is 23.5. The molecule has 0 spiro atoms. The highest BCUT2D eigenvalue weighted by atomic mass is 32.2. The molecule has 0 aliphatic heterocycles. The zero-order valence-corrected chi connectivity index (χ0v) is 19.7. The molecule has 7 heteroatoms. The van der Waals surface area contributed by atoms with Crippen LogP contribution in [0.3, 0.4) is 0 Å². The van der Waals surface area contributed by atoms with E-state index in [0.717, 1.165) is 56.3 Å². The smallest absolute Gasteiger partial charge is 0.277 e. The van der Waals surface area contributed by atoms with Gasteiger partial charge in [0.25, 0.3) is 10.2 Å². The van der Waals surface area contributed by atoms with Crippen LogP contribution in [0.25, 0.3) is 10.8 Å². The van der Waals surface area contributed by atoms with E-state index in [9.17, 15) is 8.42 Å². The first-order valence-corrected chi connectivity index (χ1v) is 13.4. The molecule has 6 nitrogen and oxygen atoms in total. The van der Waals surface area contributed by atoms with Gasteiger partial charge in [0.2, 0.25) is 0 Å². The van der Waals surface area contributed by atoms with Crippen molar-refractivity contribution in [3.63, 3.8) is 0 Å². The van der Waals surface area contributed by atoms with Crippen LogP contribution < -0.4 is 14.8 Å². The van der Waals surface area contributed by atoms with Crippen molar-refractivity contribution in [1.82, 2.24) is 14.4 Å². The maximum atomic E-state index is 12.5. The number of pyridine rings is 1. The fraction of sp³-hybridized carbons (Fsp3) is 0.423. The highest BCUT2D eigenvalue weighted by Crippen LogP contribution is 2.40. The molecule has 174 valence electrons. The Kier molecular flexibility index (Phi) is 6.36. The first-order valence-electron chi connectivity index (χ1n) is 11.9. The molecule has 33 heavy (non-hydrogen) atoms. The van der Waals surface area contributed by atoms with E-state index in [1.807, 2.05) is 30.5 Å². The summed E-state index contributed by atoms with van der Waals surface area (Å²) in [6.07, 6.45) is 7.54. The summed E-state index contributed by atoms with van der Waals surface area (Å²) in [6, 6.07) is 20.9. The Morgan fingerprint density at radius 1 is 0.909 bits per heavy atom. The first-order chi connectivity index (χ1) is 16.0. The Morgan fingerprint density at radius 3 is 2.39 bits per heavy atom. The molecule has 1 heterocycles. The maximum Gasteiger partial charge on any atom is 0.277 e. The number of nitrogens with one attached hydrogen (secondary N) is 3. The Morgan fingerprint density at radius 2 is 1.64 bits per heavy atom. The molecule has 2 aromatic carbocycles. The van der Waals surface area contributed by atoms with Crippen LogP contribution in [0, 0.1) is 5.92 Å². The van der Waals surface area contributed by atoms with E-state index in [2.05, 4.69) is 56.1 Å². The molecular weight excluding hydrogens is 432 g/mol. The van der Waals surface area contributed by atoms with Crippen LogP contribution >= 0.6 is 0 Å². The van der Waals surface area contributed by atoms with E-state index in [4.69, 9.17) is 0 Å². The van der Waals surface area contributed by atoms with Crippen molar-refractivity contribution in [2.45, 2.75) is 50.0 Å². The monoisotopic (exact) mass is 464 g/mol. The Hall–Kier alpha value is -2.48. The number of benzene rings is 2. The number of nitrogens with zero attached hydrogens (tertiary/aromatic N) is 1. The van der Waals surface area contributed by atoms with E-state index in [1.54, 1.807) is 0 Å². The summed E-state index contributed by atoms with van der Waals surface area (Å²) in [5.74, 6) is 1.42. The van der Waals surface area contributed by atoms with Gasteiger partial charge in [0, 0.05) is 36.1 Å². The lowest BCUT2D eigenvalue weighted by molar-refractivity contribution is 0.272. The summed E-state index contributed by atoms with van der Waals surface area (Å²) in [6.45, 7) is 1.31. The Bertz CT molecular complexity index is 1180. The molecule has 5 rings (SSSR count). The van der Waals surface area contributed by atoms with Gasteiger partial charge < -0.3 is 5.32 Å². The third-order valence-electron chi connectivity index (χ3n) is 7.18. The molecule has 0 saturated heterocycles. The Balaban J connectivity index is 1.30. The van der Waals surface area contributed by atoms with Crippen LogP contribution in [0.15, 0.2) is 66.9 Å². The summed E-state index contributed by atoms with van der Waals surface area (Å²) < 4.78 is 30.5. The highest BCUT2D eigenvalue weighted by Gasteiger charge is 2.38. The molecule has 3 N–H and O–H groups in total. The largest absolute Gasteiger partial charge is 0.369 e. The van der Waals surface area contributed by atoms with E-state index in [0.29, 0.717) is 12.5 Å². The van der Waals surface area contributed by atoms with Gasteiger partial charge in [-0.3, -0.25) is 0 Å². The van der Waals surface area contributed by atoms with Crippen molar-refractivity contribution < 1.29 is 8.42 Å². The third kappa shape index (κ3) is 5.37. The minimum atomic E-state index is -3.44. The SMILES string of the molecule is O=S(=O)(NCC1CC1)N[C@H]1CC[C@@](CNc2nccc3ccccc23)(c2ccccc2)CC1. The van der Waals surface area contributed by atoms with Crippen LogP contribution in [0.5, 0.6) is 0 Å². The number of fused-ring (bicyclic) bond motifs is 1. The summed E-state index contributed by atoms with van der Waals surface area (Å²) in [5, 5.41) is 5.92. The average molecular weight is 465 g/mol. The first kappa shape index (κ1) is 22.3. The van der Waals surface area contributed by atoms with Crippen LogP contribution in [0.4, 0.5) is 5.82 Å². The van der Waals surface area contributed by atoms with Gasteiger partial charge >= 0.3 is 0 Å². The zero-order valence-electron chi connectivity index (χ0n) is 18.8. The number of hydrogen-bond acceptors (Lipinski definition) is 4. The van der Waals surface area contributed by atoms with Crippen molar-refractivity contribution >= 4 is 26.8 Å². The van der Waals surface area contributed by atoms with Gasteiger partial charge in [-0.15, -0.1) is 0 Å². The van der Waals surface area contributed by atoms with Crippen molar-refractivity contribution in [2.75, 3.05) is 18.4 Å². The lowest BCUT2D eigenvalue weighted by Gasteiger charge is -2.41. The molecule has 1 aromatic heterocycles. The fourth-order valence-corrected chi connectivity index (χ4v) is 6.18. The standard InChI is InChI=1S/C26H32N4O2S/c31-33(32,29-18-20-10-11-20)30-23-12-15-26(16-13-23,22-7-2-1-3-8-22)19-28-25-24-9-5-4-6-21(24)14-17-27-25/h1-9,14,17,20,23,29-30H,10-13,15-16,18-19H2,(H,27,28)/t23-,26+. The molecule has 2 aliphatic carbocycles. The minimum absolute atomic E-state index is 0.0331. The topological polar surface area (TPSA) is 83.1 Å². The minimum Gasteiger partial charge on any atom is -0.369 e. The lowest BCUT2D eigenvalue weighted by Crippen LogP contribution is -2.48. The van der Waals surface area contributed by atoms with Crippen molar-refractivity contribution in [2.24, 2.45) is 5.92 Å².